The van der Waals surface area contributed by atoms with E-state index in [1.165, 1.54) is 0 Å². The predicted octanol–water partition coefficient (Wildman–Crippen LogP) is 6.14. The molecule has 4 aromatic rings. The monoisotopic (exact) mass is 573 g/mol. The molecule has 0 N–H and O–H groups in total. The summed E-state index contributed by atoms with van der Waals surface area (Å²) in [7, 11) is 0. The number of aryl methyl sites for hydroxylation is 1. The summed E-state index contributed by atoms with van der Waals surface area (Å²) in [6.07, 6.45) is 1.18. The van der Waals surface area contributed by atoms with Crippen LogP contribution in [0.2, 0.25) is 5.02 Å². The molecule has 3 aromatic carbocycles. The number of carbonyl (C=O) groups excluding carboxylic acids is 2. The zero-order valence-corrected chi connectivity index (χ0v) is 24.2. The molecule has 1 aliphatic rings. The van der Waals surface area contributed by atoms with E-state index in [1.54, 1.807) is 36.0 Å². The highest BCUT2D eigenvalue weighted by molar-refractivity contribution is 7.99. The number of piperazine rings is 1. The number of hydrogen-bond donors (Lipinski definition) is 0. The molecule has 5 rings (SSSR count). The van der Waals surface area contributed by atoms with E-state index >= 15 is 0 Å². The zero-order valence-electron chi connectivity index (χ0n) is 22.7. The molecule has 1 aliphatic heterocycles. The van der Waals surface area contributed by atoms with Crippen molar-refractivity contribution in [3.63, 3.8) is 0 Å². The highest BCUT2D eigenvalue weighted by Crippen LogP contribution is 2.30. The van der Waals surface area contributed by atoms with Crippen LogP contribution in [0.1, 0.15) is 35.7 Å². The maximum Gasteiger partial charge on any atom is 0.254 e. The highest BCUT2D eigenvalue weighted by Gasteiger charge is 2.30. The fourth-order valence-corrected chi connectivity index (χ4v) is 5.97. The second kappa shape index (κ2) is 12.7. The lowest BCUT2D eigenvalue weighted by atomic mass is 10.1. The van der Waals surface area contributed by atoms with Gasteiger partial charge in [-0.25, -0.2) is 0 Å². The van der Waals surface area contributed by atoms with E-state index in [4.69, 9.17) is 11.6 Å². The van der Waals surface area contributed by atoms with Gasteiger partial charge in [0.2, 0.25) is 5.91 Å². The van der Waals surface area contributed by atoms with Crippen molar-refractivity contribution in [2.45, 2.75) is 37.9 Å². The maximum atomic E-state index is 13.0. The van der Waals surface area contributed by atoms with Crippen LogP contribution >= 0.6 is 23.4 Å². The van der Waals surface area contributed by atoms with Gasteiger partial charge in [-0.15, -0.1) is 10.2 Å². The number of aromatic nitrogens is 3. The lowest BCUT2D eigenvalue weighted by molar-refractivity contribution is -0.133. The first-order valence-corrected chi connectivity index (χ1v) is 14.8. The van der Waals surface area contributed by atoms with Crippen LogP contribution in [0.5, 0.6) is 0 Å². The molecule has 1 unspecified atom stereocenters. The van der Waals surface area contributed by atoms with Gasteiger partial charge in [0.05, 0.1) is 5.69 Å². The molecule has 0 saturated carbocycles. The Bertz CT molecular complexity index is 1470. The van der Waals surface area contributed by atoms with Crippen LogP contribution in [-0.2, 0) is 4.79 Å². The quantitative estimate of drug-likeness (QED) is 0.187. The maximum absolute atomic E-state index is 13.0. The minimum absolute atomic E-state index is 0.0275. The summed E-state index contributed by atoms with van der Waals surface area (Å²) in [5.74, 6) is 1.64. The Kier molecular flexibility index (Phi) is 8.87. The first-order valence-electron chi connectivity index (χ1n) is 13.5. The third-order valence-corrected chi connectivity index (χ3v) is 8.39. The molecule has 0 aliphatic carbocycles. The van der Waals surface area contributed by atoms with Gasteiger partial charge in [0.15, 0.2) is 11.0 Å². The standard InChI is InChI=1S/C31H32ClN5O2S/c1-22-9-6-7-12-27(22)37-29(24-10-4-3-5-11-24)33-34-31(37)40-20-8-13-28(38)35-18-19-36(23(2)21-35)30(39)25-14-16-26(32)17-15-25/h3-7,9-12,14-17,23H,8,13,18-21H2,1-2H3. The lowest BCUT2D eigenvalue weighted by Crippen LogP contribution is -2.55. The third kappa shape index (κ3) is 6.24. The summed E-state index contributed by atoms with van der Waals surface area (Å²) in [6, 6.07) is 25.2. The molecule has 1 atom stereocenters. The Hall–Kier alpha value is -3.62. The number of carbonyl (C=O) groups is 2. The van der Waals surface area contributed by atoms with Crippen molar-refractivity contribution in [2.24, 2.45) is 0 Å². The molecule has 0 radical (unpaired) electrons. The Morgan fingerprint density at radius 2 is 1.68 bits per heavy atom. The molecule has 2 heterocycles. The fraction of sp³-hybridized carbons (Fsp3) is 0.290. The summed E-state index contributed by atoms with van der Waals surface area (Å²) < 4.78 is 2.11. The Balaban J connectivity index is 1.18. The van der Waals surface area contributed by atoms with E-state index in [9.17, 15) is 9.59 Å². The van der Waals surface area contributed by atoms with Gasteiger partial charge in [0, 0.05) is 54.0 Å². The van der Waals surface area contributed by atoms with Gasteiger partial charge >= 0.3 is 0 Å². The number of para-hydroxylation sites is 1. The van der Waals surface area contributed by atoms with Crippen molar-refractivity contribution in [1.29, 1.82) is 0 Å². The topological polar surface area (TPSA) is 71.3 Å². The second-order valence-electron chi connectivity index (χ2n) is 9.94. The molecule has 9 heteroatoms. The number of benzene rings is 3. The Morgan fingerprint density at radius 1 is 0.950 bits per heavy atom. The fourth-order valence-electron chi connectivity index (χ4n) is 4.96. The molecule has 2 amide bonds. The van der Waals surface area contributed by atoms with Crippen molar-refractivity contribution in [3.05, 3.63) is 95.0 Å². The summed E-state index contributed by atoms with van der Waals surface area (Å²) in [5, 5.41) is 10.5. The normalized spacial score (nSPS) is 15.3. The van der Waals surface area contributed by atoms with Gasteiger partial charge in [-0.05, 0) is 56.2 Å². The summed E-state index contributed by atoms with van der Waals surface area (Å²) >= 11 is 7.58. The average Bonchev–Trinajstić information content (AvgIpc) is 3.39. The van der Waals surface area contributed by atoms with Gasteiger partial charge in [-0.3, -0.25) is 14.2 Å². The Morgan fingerprint density at radius 3 is 2.40 bits per heavy atom. The highest BCUT2D eigenvalue weighted by atomic mass is 35.5. The van der Waals surface area contributed by atoms with Crippen molar-refractivity contribution in [2.75, 3.05) is 25.4 Å². The van der Waals surface area contributed by atoms with Crippen LogP contribution < -0.4 is 0 Å². The smallest absolute Gasteiger partial charge is 0.254 e. The number of halogens is 1. The van der Waals surface area contributed by atoms with Crippen molar-refractivity contribution in [3.8, 4) is 17.1 Å². The van der Waals surface area contributed by atoms with E-state index in [2.05, 4.69) is 33.8 Å². The first kappa shape index (κ1) is 27.9. The molecule has 0 bridgehead atoms. The summed E-state index contributed by atoms with van der Waals surface area (Å²) in [4.78, 5) is 29.7. The summed E-state index contributed by atoms with van der Waals surface area (Å²) in [5.41, 5.74) is 3.80. The van der Waals surface area contributed by atoms with Gasteiger partial charge in [-0.1, -0.05) is 71.9 Å². The van der Waals surface area contributed by atoms with E-state index in [0.717, 1.165) is 40.0 Å². The van der Waals surface area contributed by atoms with Crippen LogP contribution in [0.25, 0.3) is 17.1 Å². The third-order valence-electron chi connectivity index (χ3n) is 7.12. The lowest BCUT2D eigenvalue weighted by Gasteiger charge is -2.40. The minimum atomic E-state index is -0.0562. The van der Waals surface area contributed by atoms with Gasteiger partial charge in [-0.2, -0.15) is 0 Å². The number of nitrogens with zero attached hydrogens (tertiary/aromatic N) is 5. The number of rotatable bonds is 8. The summed E-state index contributed by atoms with van der Waals surface area (Å²) in [6.45, 7) is 5.67. The molecule has 1 saturated heterocycles. The largest absolute Gasteiger partial charge is 0.339 e. The SMILES string of the molecule is Cc1ccccc1-n1c(SCCCC(=O)N2CCN(C(=O)c3ccc(Cl)cc3)C(C)C2)nnc1-c1ccccc1. The second-order valence-corrected chi connectivity index (χ2v) is 11.4. The van der Waals surface area contributed by atoms with E-state index in [-0.39, 0.29) is 17.9 Å². The average molecular weight is 574 g/mol. The van der Waals surface area contributed by atoms with Crippen LogP contribution in [0, 0.1) is 6.92 Å². The van der Waals surface area contributed by atoms with Crippen LogP contribution in [0.15, 0.2) is 84.0 Å². The number of hydrogen-bond acceptors (Lipinski definition) is 5. The number of thioether (sulfide) groups is 1. The molecule has 0 spiro atoms. The van der Waals surface area contributed by atoms with E-state index in [0.29, 0.717) is 36.6 Å². The molecule has 1 fully saturated rings. The van der Waals surface area contributed by atoms with E-state index < -0.39 is 0 Å². The molecular weight excluding hydrogens is 542 g/mol. The molecule has 1 aromatic heterocycles. The molecule has 40 heavy (non-hydrogen) atoms. The van der Waals surface area contributed by atoms with Crippen LogP contribution in [-0.4, -0.2) is 67.8 Å². The van der Waals surface area contributed by atoms with Crippen molar-refractivity contribution in [1.82, 2.24) is 24.6 Å². The van der Waals surface area contributed by atoms with Crippen LogP contribution in [0.3, 0.4) is 0 Å². The van der Waals surface area contributed by atoms with Gasteiger partial charge in [0.1, 0.15) is 0 Å². The van der Waals surface area contributed by atoms with Crippen LogP contribution in [0.4, 0.5) is 0 Å². The Labute approximate surface area is 244 Å². The number of amides is 2. The molecular formula is C31H32ClN5O2S. The van der Waals surface area contributed by atoms with E-state index in [1.807, 2.05) is 59.2 Å². The predicted molar refractivity (Wildman–Crippen MR) is 160 cm³/mol. The molecule has 7 nitrogen and oxygen atoms in total. The van der Waals surface area contributed by atoms with Gasteiger partial charge < -0.3 is 9.80 Å². The minimum Gasteiger partial charge on any atom is -0.339 e. The molecule has 206 valence electrons. The van der Waals surface area contributed by atoms with Crippen molar-refractivity contribution >= 4 is 35.2 Å². The first-order chi connectivity index (χ1) is 19.4. The van der Waals surface area contributed by atoms with Crippen molar-refractivity contribution < 1.29 is 9.59 Å². The van der Waals surface area contributed by atoms with Gasteiger partial charge in [0.25, 0.3) is 5.91 Å². The zero-order chi connectivity index (χ0) is 28.1.